The Morgan fingerprint density at radius 1 is 0.594 bits per heavy atom. The molecule has 156 valence electrons. The van der Waals surface area contributed by atoms with Crippen molar-refractivity contribution in [1.82, 2.24) is 29.2 Å². The van der Waals surface area contributed by atoms with E-state index in [-0.39, 0.29) is 0 Å². The molecule has 3 aromatic heterocycles. The first-order valence-electron chi connectivity index (χ1n) is 9.73. The van der Waals surface area contributed by atoms with Crippen molar-refractivity contribution in [1.29, 1.82) is 0 Å². The van der Waals surface area contributed by atoms with Crippen LogP contribution in [-0.2, 0) is 0 Å². The molecule has 6 rings (SSSR count). The minimum absolute atomic E-state index is 0.517. The van der Waals surface area contributed by atoms with Gasteiger partial charge in [0.2, 0.25) is 17.7 Å². The van der Waals surface area contributed by atoms with Crippen LogP contribution in [0.2, 0.25) is 10.0 Å². The van der Waals surface area contributed by atoms with E-state index in [1.54, 1.807) is 0 Å². The van der Waals surface area contributed by atoms with E-state index in [1.807, 2.05) is 81.6 Å². The first kappa shape index (κ1) is 18.9. The predicted octanol–water partition coefficient (Wildman–Crippen LogP) is 5.72. The molecule has 0 atom stereocenters. The van der Waals surface area contributed by atoms with Gasteiger partial charge in [-0.05, 0) is 60.7 Å². The topological polar surface area (TPSA) is 84.4 Å². The quantitative estimate of drug-likeness (QED) is 0.350. The van der Waals surface area contributed by atoms with Gasteiger partial charge in [-0.1, -0.05) is 35.3 Å². The number of fused-ring (bicyclic) bond motifs is 6. The molecule has 0 aliphatic rings. The molecule has 32 heavy (non-hydrogen) atoms. The van der Waals surface area contributed by atoms with Crippen LogP contribution in [0.4, 0.5) is 23.3 Å². The van der Waals surface area contributed by atoms with Crippen molar-refractivity contribution in [2.45, 2.75) is 0 Å². The molecule has 6 aromatic rings. The summed E-state index contributed by atoms with van der Waals surface area (Å²) in [4.78, 5) is 0. The summed E-state index contributed by atoms with van der Waals surface area (Å²) in [6.45, 7) is 0. The number of aromatic nitrogens is 6. The summed E-state index contributed by atoms with van der Waals surface area (Å²) in [6, 6.07) is 22.7. The molecule has 0 saturated heterocycles. The van der Waals surface area contributed by atoms with Crippen LogP contribution in [0.3, 0.4) is 0 Å². The summed E-state index contributed by atoms with van der Waals surface area (Å²) < 4.78 is 3.78. The van der Waals surface area contributed by atoms with Gasteiger partial charge < -0.3 is 10.6 Å². The number of benzene rings is 3. The van der Waals surface area contributed by atoms with Gasteiger partial charge in [0.15, 0.2) is 5.65 Å². The second kappa shape index (κ2) is 7.37. The molecular formula is C22H14Cl2N8. The molecule has 0 aliphatic heterocycles. The highest BCUT2D eigenvalue weighted by molar-refractivity contribution is 6.30. The molecule has 0 amide bonds. The summed E-state index contributed by atoms with van der Waals surface area (Å²) in [5, 5.41) is 26.5. The summed E-state index contributed by atoms with van der Waals surface area (Å²) in [7, 11) is 0. The lowest BCUT2D eigenvalue weighted by Gasteiger charge is -2.10. The summed E-state index contributed by atoms with van der Waals surface area (Å²) in [5.41, 5.74) is 3.25. The SMILES string of the molecule is Clc1ccc(Nc2nnc3n2c2ccccc2c2nnc(Nc4ccc(Cl)cc4)n23)cc1. The van der Waals surface area contributed by atoms with Crippen LogP contribution in [0.1, 0.15) is 0 Å². The van der Waals surface area contributed by atoms with E-state index in [9.17, 15) is 0 Å². The number of para-hydroxylation sites is 1. The Labute approximate surface area is 191 Å². The van der Waals surface area contributed by atoms with Gasteiger partial charge in [-0.2, -0.15) is 0 Å². The second-order valence-corrected chi connectivity index (χ2v) is 8.00. The van der Waals surface area contributed by atoms with Crippen LogP contribution in [0, 0.1) is 0 Å². The van der Waals surface area contributed by atoms with Crippen LogP contribution in [-0.4, -0.2) is 29.2 Å². The molecular weight excluding hydrogens is 447 g/mol. The average molecular weight is 461 g/mol. The monoisotopic (exact) mass is 460 g/mol. The van der Waals surface area contributed by atoms with E-state index in [1.165, 1.54) is 0 Å². The zero-order valence-corrected chi connectivity index (χ0v) is 17.9. The minimum atomic E-state index is 0.517. The molecule has 0 unspecified atom stereocenters. The number of hydrogen-bond donors (Lipinski definition) is 2. The van der Waals surface area contributed by atoms with Crippen molar-refractivity contribution in [3.8, 4) is 0 Å². The second-order valence-electron chi connectivity index (χ2n) is 7.12. The molecule has 0 aliphatic carbocycles. The van der Waals surface area contributed by atoms with Crippen LogP contribution in [0.15, 0.2) is 72.8 Å². The minimum Gasteiger partial charge on any atom is -0.324 e. The maximum atomic E-state index is 6.02. The highest BCUT2D eigenvalue weighted by atomic mass is 35.5. The largest absolute Gasteiger partial charge is 0.324 e. The molecule has 0 saturated carbocycles. The van der Waals surface area contributed by atoms with E-state index in [0.29, 0.717) is 33.4 Å². The Kier molecular flexibility index (Phi) is 4.34. The normalized spacial score (nSPS) is 11.4. The molecule has 10 heteroatoms. The molecule has 8 nitrogen and oxygen atoms in total. The average Bonchev–Trinajstić information content (AvgIpc) is 3.42. The molecule has 0 radical (unpaired) electrons. The van der Waals surface area contributed by atoms with Crippen LogP contribution >= 0.6 is 23.2 Å². The summed E-state index contributed by atoms with van der Waals surface area (Å²) in [6.07, 6.45) is 0. The van der Waals surface area contributed by atoms with Crippen molar-refractivity contribution < 1.29 is 0 Å². The highest BCUT2D eigenvalue weighted by Gasteiger charge is 2.19. The van der Waals surface area contributed by atoms with Gasteiger partial charge in [0, 0.05) is 26.8 Å². The zero-order chi connectivity index (χ0) is 21.7. The Balaban J connectivity index is 1.57. The molecule has 0 fully saturated rings. The van der Waals surface area contributed by atoms with E-state index < -0.39 is 0 Å². The lowest BCUT2D eigenvalue weighted by molar-refractivity contribution is 1.06. The van der Waals surface area contributed by atoms with Crippen molar-refractivity contribution >= 4 is 68.8 Å². The van der Waals surface area contributed by atoms with Crippen LogP contribution in [0.25, 0.3) is 22.3 Å². The maximum Gasteiger partial charge on any atom is 0.246 e. The molecule has 3 heterocycles. The molecule has 3 aromatic carbocycles. The van der Waals surface area contributed by atoms with Gasteiger partial charge in [-0.15, -0.1) is 20.4 Å². The summed E-state index contributed by atoms with van der Waals surface area (Å²) in [5.74, 6) is 1.65. The first-order valence-corrected chi connectivity index (χ1v) is 10.5. The van der Waals surface area contributed by atoms with Crippen molar-refractivity contribution in [2.75, 3.05) is 10.6 Å². The van der Waals surface area contributed by atoms with Gasteiger partial charge in [0.1, 0.15) is 0 Å². The molecule has 0 bridgehead atoms. The third-order valence-electron chi connectivity index (χ3n) is 5.10. The predicted molar refractivity (Wildman–Crippen MR) is 127 cm³/mol. The fourth-order valence-corrected chi connectivity index (χ4v) is 3.89. The van der Waals surface area contributed by atoms with E-state index >= 15 is 0 Å². The van der Waals surface area contributed by atoms with Gasteiger partial charge in [-0.25, -0.2) is 8.80 Å². The van der Waals surface area contributed by atoms with E-state index in [2.05, 4.69) is 31.0 Å². The number of rotatable bonds is 4. The fraction of sp³-hybridized carbons (Fsp3) is 0. The van der Waals surface area contributed by atoms with Gasteiger partial charge in [-0.3, -0.25) is 0 Å². The Bertz CT molecular complexity index is 1590. The number of anilines is 4. The fourth-order valence-electron chi connectivity index (χ4n) is 3.64. The van der Waals surface area contributed by atoms with E-state index in [0.717, 1.165) is 22.3 Å². The first-order chi connectivity index (χ1) is 15.7. The number of nitrogens with zero attached hydrogens (tertiary/aromatic N) is 6. The summed E-state index contributed by atoms with van der Waals surface area (Å²) >= 11 is 12.0. The van der Waals surface area contributed by atoms with E-state index in [4.69, 9.17) is 23.2 Å². The Hall–Kier alpha value is -3.88. The highest BCUT2D eigenvalue weighted by Crippen LogP contribution is 2.28. The smallest absolute Gasteiger partial charge is 0.246 e. The Morgan fingerprint density at radius 3 is 1.81 bits per heavy atom. The molecule has 0 spiro atoms. The lowest BCUT2D eigenvalue weighted by atomic mass is 10.2. The van der Waals surface area contributed by atoms with Crippen molar-refractivity contribution in [3.63, 3.8) is 0 Å². The van der Waals surface area contributed by atoms with Gasteiger partial charge in [0.05, 0.1) is 5.52 Å². The van der Waals surface area contributed by atoms with Crippen LogP contribution < -0.4 is 10.6 Å². The number of halogens is 2. The van der Waals surface area contributed by atoms with Crippen molar-refractivity contribution in [3.05, 3.63) is 82.8 Å². The maximum absolute atomic E-state index is 6.02. The standard InChI is InChI=1S/C22H14Cl2N8/c23-13-5-9-15(10-6-13)25-20-29-30-22-31(20)18-4-2-1-3-17(18)19-27-28-21(32(19)22)26-16-11-7-14(24)8-12-16/h1-12H,(H,25,29)(H,26,28). The molecule has 2 N–H and O–H groups in total. The van der Waals surface area contributed by atoms with Gasteiger partial charge >= 0.3 is 0 Å². The Morgan fingerprint density at radius 2 is 1.16 bits per heavy atom. The lowest BCUT2D eigenvalue weighted by Crippen LogP contribution is -2.04. The zero-order valence-electron chi connectivity index (χ0n) is 16.4. The third-order valence-corrected chi connectivity index (χ3v) is 5.60. The van der Waals surface area contributed by atoms with Crippen LogP contribution in [0.5, 0.6) is 0 Å². The number of nitrogens with one attached hydrogen (secondary N) is 2. The van der Waals surface area contributed by atoms with Crippen molar-refractivity contribution in [2.24, 2.45) is 0 Å². The number of hydrogen-bond acceptors (Lipinski definition) is 6. The van der Waals surface area contributed by atoms with Gasteiger partial charge in [0.25, 0.3) is 0 Å². The third kappa shape index (κ3) is 3.08.